The molecule has 0 fully saturated rings. The third-order valence-electron chi connectivity index (χ3n) is 2.64. The maximum Gasteiger partial charge on any atom is 0.305 e. The van der Waals surface area contributed by atoms with E-state index in [9.17, 15) is 9.90 Å². The number of rotatable bonds is 4. The molecule has 1 aromatic carbocycles. The third-order valence-corrected chi connectivity index (χ3v) is 2.64. The lowest BCUT2D eigenvalue weighted by Gasteiger charge is -2.08. The van der Waals surface area contributed by atoms with Crippen molar-refractivity contribution in [1.82, 2.24) is 0 Å². The molecule has 4 nitrogen and oxygen atoms in total. The number of aliphatic hydroxyl groups is 1. The molecule has 1 aliphatic rings. The zero-order valence-electron chi connectivity index (χ0n) is 8.85. The van der Waals surface area contributed by atoms with Crippen molar-refractivity contribution in [3.8, 4) is 5.75 Å². The molecule has 2 rings (SSSR count). The Morgan fingerprint density at radius 1 is 1.50 bits per heavy atom. The minimum absolute atomic E-state index is 0.215. The van der Waals surface area contributed by atoms with Crippen molar-refractivity contribution in [2.75, 3.05) is 6.61 Å². The van der Waals surface area contributed by atoms with Gasteiger partial charge in [-0.25, -0.2) is 0 Å². The largest absolute Gasteiger partial charge is 0.493 e. The summed E-state index contributed by atoms with van der Waals surface area (Å²) in [6.07, 6.45) is 0.226. The van der Waals surface area contributed by atoms with Crippen molar-refractivity contribution in [1.29, 1.82) is 0 Å². The molecule has 0 unspecified atom stereocenters. The molecule has 0 spiro atoms. The first kappa shape index (κ1) is 11.0. The Morgan fingerprint density at radius 2 is 2.31 bits per heavy atom. The number of ether oxygens (including phenoxy) is 1. The number of carboxylic acids is 1. The molecule has 1 aliphatic heterocycles. The summed E-state index contributed by atoms with van der Waals surface area (Å²) in [7, 11) is 0. The van der Waals surface area contributed by atoms with E-state index in [1.807, 2.05) is 18.2 Å². The normalized spacial score (nSPS) is 15.3. The second kappa shape index (κ2) is 4.53. The van der Waals surface area contributed by atoms with Gasteiger partial charge in [-0.05, 0) is 23.6 Å². The molecule has 86 valence electrons. The molecule has 0 amide bonds. The van der Waals surface area contributed by atoms with Crippen LogP contribution in [0.15, 0.2) is 18.2 Å². The molecule has 1 atom stereocenters. The summed E-state index contributed by atoms with van der Waals surface area (Å²) < 4.78 is 5.37. The highest BCUT2D eigenvalue weighted by Crippen LogP contribution is 2.26. The molecular formula is C12H14O4. The highest BCUT2D eigenvalue weighted by Gasteiger charge is 2.14. The maximum atomic E-state index is 10.4. The zero-order valence-corrected chi connectivity index (χ0v) is 8.85. The van der Waals surface area contributed by atoms with Gasteiger partial charge in [0.2, 0.25) is 0 Å². The van der Waals surface area contributed by atoms with Gasteiger partial charge in [0.05, 0.1) is 19.1 Å². The molecule has 0 aliphatic carbocycles. The summed E-state index contributed by atoms with van der Waals surface area (Å²) in [5.41, 5.74) is 2.10. The van der Waals surface area contributed by atoms with Crippen LogP contribution in [0.3, 0.4) is 0 Å². The van der Waals surface area contributed by atoms with Crippen LogP contribution in [0, 0.1) is 0 Å². The Morgan fingerprint density at radius 3 is 3.06 bits per heavy atom. The zero-order chi connectivity index (χ0) is 11.5. The van der Waals surface area contributed by atoms with Gasteiger partial charge in [0, 0.05) is 6.42 Å². The molecule has 0 bridgehead atoms. The number of aliphatic hydroxyl groups excluding tert-OH is 1. The smallest absolute Gasteiger partial charge is 0.305 e. The van der Waals surface area contributed by atoms with E-state index in [2.05, 4.69) is 0 Å². The second-order valence-electron chi connectivity index (χ2n) is 4.00. The fourth-order valence-corrected chi connectivity index (χ4v) is 1.91. The number of hydrogen-bond acceptors (Lipinski definition) is 3. The number of aliphatic carboxylic acids is 1. The molecular weight excluding hydrogens is 208 g/mol. The summed E-state index contributed by atoms with van der Waals surface area (Å²) in [6, 6.07) is 5.73. The number of benzene rings is 1. The predicted octanol–water partition coefficient (Wildman–Crippen LogP) is 1.000. The Labute approximate surface area is 93.5 Å². The standard InChI is InChI=1S/C12H14O4/c13-10(7-12(14)15)6-8-1-2-11-9(5-8)3-4-16-11/h1-2,5,10,13H,3-4,6-7H2,(H,14,15)/t10-/m0/s1. The first-order valence-corrected chi connectivity index (χ1v) is 5.29. The Balaban J connectivity index is 2.02. The average molecular weight is 222 g/mol. The van der Waals surface area contributed by atoms with E-state index < -0.39 is 12.1 Å². The summed E-state index contributed by atoms with van der Waals surface area (Å²) >= 11 is 0. The van der Waals surface area contributed by atoms with Crippen molar-refractivity contribution in [2.24, 2.45) is 0 Å². The molecule has 2 N–H and O–H groups in total. The van der Waals surface area contributed by atoms with E-state index in [1.54, 1.807) is 0 Å². The molecule has 1 heterocycles. The van der Waals surface area contributed by atoms with E-state index in [1.165, 1.54) is 0 Å². The summed E-state index contributed by atoms with van der Waals surface area (Å²) in [4.78, 5) is 10.4. The molecule has 0 saturated heterocycles. The van der Waals surface area contributed by atoms with Gasteiger partial charge in [-0.15, -0.1) is 0 Å². The molecule has 1 aromatic rings. The van der Waals surface area contributed by atoms with Crippen LogP contribution in [-0.2, 0) is 17.6 Å². The van der Waals surface area contributed by atoms with Crippen LogP contribution in [0.2, 0.25) is 0 Å². The molecule has 16 heavy (non-hydrogen) atoms. The predicted molar refractivity (Wildman–Crippen MR) is 57.6 cm³/mol. The number of fused-ring (bicyclic) bond motifs is 1. The fraction of sp³-hybridized carbons (Fsp3) is 0.417. The SMILES string of the molecule is O=C(O)C[C@@H](O)Cc1ccc2c(c1)CCO2. The first-order chi connectivity index (χ1) is 7.65. The highest BCUT2D eigenvalue weighted by atomic mass is 16.5. The summed E-state index contributed by atoms with van der Waals surface area (Å²) in [5.74, 6) is -0.0755. The van der Waals surface area contributed by atoms with Crippen molar-refractivity contribution in [3.05, 3.63) is 29.3 Å². The van der Waals surface area contributed by atoms with Crippen LogP contribution < -0.4 is 4.74 Å². The van der Waals surface area contributed by atoms with E-state index in [4.69, 9.17) is 9.84 Å². The maximum absolute atomic E-state index is 10.4. The third kappa shape index (κ3) is 2.52. The topological polar surface area (TPSA) is 66.8 Å². The van der Waals surface area contributed by atoms with Crippen molar-refractivity contribution in [3.63, 3.8) is 0 Å². The molecule has 4 heteroatoms. The van der Waals surface area contributed by atoms with Crippen molar-refractivity contribution < 1.29 is 19.7 Å². The van der Waals surface area contributed by atoms with Crippen LogP contribution in [0.1, 0.15) is 17.5 Å². The van der Waals surface area contributed by atoms with Crippen LogP contribution >= 0.6 is 0 Å². The van der Waals surface area contributed by atoms with Gasteiger partial charge in [0.1, 0.15) is 5.75 Å². The van der Waals surface area contributed by atoms with E-state index in [0.29, 0.717) is 13.0 Å². The first-order valence-electron chi connectivity index (χ1n) is 5.29. The second-order valence-corrected chi connectivity index (χ2v) is 4.00. The van der Waals surface area contributed by atoms with E-state index >= 15 is 0 Å². The summed E-state index contributed by atoms with van der Waals surface area (Å²) in [5, 5.41) is 18.0. The van der Waals surface area contributed by atoms with E-state index in [-0.39, 0.29) is 6.42 Å². The van der Waals surface area contributed by atoms with Gasteiger partial charge in [0.25, 0.3) is 0 Å². The van der Waals surface area contributed by atoms with Crippen LogP contribution in [0.4, 0.5) is 0 Å². The van der Waals surface area contributed by atoms with Gasteiger partial charge < -0.3 is 14.9 Å². The Hall–Kier alpha value is -1.55. The van der Waals surface area contributed by atoms with Crippen molar-refractivity contribution >= 4 is 5.97 Å². The number of hydrogen-bond donors (Lipinski definition) is 2. The van der Waals surface area contributed by atoms with Gasteiger partial charge >= 0.3 is 5.97 Å². The van der Waals surface area contributed by atoms with Gasteiger partial charge in [-0.2, -0.15) is 0 Å². The summed E-state index contributed by atoms with van der Waals surface area (Å²) in [6.45, 7) is 0.705. The lowest BCUT2D eigenvalue weighted by atomic mass is 10.0. The van der Waals surface area contributed by atoms with Crippen LogP contribution in [-0.4, -0.2) is 28.9 Å². The lowest BCUT2D eigenvalue weighted by molar-refractivity contribution is -0.139. The quantitative estimate of drug-likeness (QED) is 0.797. The Kier molecular flexibility index (Phi) is 3.10. The van der Waals surface area contributed by atoms with Crippen LogP contribution in [0.25, 0.3) is 0 Å². The number of carbonyl (C=O) groups is 1. The van der Waals surface area contributed by atoms with Gasteiger partial charge in [-0.1, -0.05) is 12.1 Å². The highest BCUT2D eigenvalue weighted by molar-refractivity contribution is 5.67. The molecule has 0 aromatic heterocycles. The molecule has 0 saturated carbocycles. The minimum atomic E-state index is -0.975. The van der Waals surface area contributed by atoms with Gasteiger partial charge in [0.15, 0.2) is 0 Å². The van der Waals surface area contributed by atoms with E-state index in [0.717, 1.165) is 23.3 Å². The fourth-order valence-electron chi connectivity index (χ4n) is 1.91. The van der Waals surface area contributed by atoms with Gasteiger partial charge in [-0.3, -0.25) is 4.79 Å². The average Bonchev–Trinajstić information content (AvgIpc) is 2.63. The van der Waals surface area contributed by atoms with Crippen molar-refractivity contribution in [2.45, 2.75) is 25.4 Å². The monoisotopic (exact) mass is 222 g/mol. The molecule has 0 radical (unpaired) electrons. The Bertz CT molecular complexity index is 400. The minimum Gasteiger partial charge on any atom is -0.493 e. The number of carboxylic acid groups (broad SMARTS) is 1. The van der Waals surface area contributed by atoms with Crippen LogP contribution in [0.5, 0.6) is 5.75 Å². The lowest BCUT2D eigenvalue weighted by Crippen LogP contribution is -2.15.